The average Bonchev–Trinajstić information content (AvgIpc) is 2.85. The summed E-state index contributed by atoms with van der Waals surface area (Å²) in [6.07, 6.45) is 1.58. The lowest BCUT2D eigenvalue weighted by Gasteiger charge is -2.16. The summed E-state index contributed by atoms with van der Waals surface area (Å²) in [7, 11) is 3.02. The second-order valence-electron chi connectivity index (χ2n) is 7.73. The highest BCUT2D eigenvalue weighted by atomic mass is 16.5. The lowest BCUT2D eigenvalue weighted by Crippen LogP contribution is -2.20. The van der Waals surface area contributed by atoms with Gasteiger partial charge in [-0.1, -0.05) is 42.0 Å². The van der Waals surface area contributed by atoms with Crippen LogP contribution in [0.2, 0.25) is 0 Å². The number of aryl methyl sites for hydroxylation is 1. The largest absolute Gasteiger partial charge is 0.493 e. The van der Waals surface area contributed by atoms with Crippen molar-refractivity contribution in [3.63, 3.8) is 0 Å². The molecule has 1 aromatic heterocycles. The molecular weight excluding hydrogens is 416 g/mol. The topological polar surface area (TPSA) is 81.3 Å². The Hall–Kier alpha value is -4.37. The number of ketones is 1. The molecule has 6 nitrogen and oxygen atoms in total. The van der Waals surface area contributed by atoms with E-state index in [1.807, 2.05) is 29.7 Å². The number of ether oxygens (including phenoxy) is 2. The number of pyridine rings is 1. The molecule has 0 N–H and O–H groups in total. The molecule has 0 saturated heterocycles. The van der Waals surface area contributed by atoms with E-state index in [1.165, 1.54) is 14.2 Å². The summed E-state index contributed by atoms with van der Waals surface area (Å²) in [5.41, 5.74) is 3.15. The number of nitriles is 1. The summed E-state index contributed by atoms with van der Waals surface area (Å²) in [5, 5.41) is 9.60. The molecule has 0 spiro atoms. The number of benzene rings is 3. The van der Waals surface area contributed by atoms with E-state index in [2.05, 4.69) is 6.07 Å². The zero-order valence-corrected chi connectivity index (χ0v) is 18.6. The molecule has 0 aliphatic heterocycles. The second kappa shape index (κ2) is 9.01. The van der Waals surface area contributed by atoms with Gasteiger partial charge in [-0.25, -0.2) is 0 Å². The molecule has 6 heteroatoms. The second-order valence-corrected chi connectivity index (χ2v) is 7.73. The quantitative estimate of drug-likeness (QED) is 0.415. The number of hydrogen-bond acceptors (Lipinski definition) is 5. The van der Waals surface area contributed by atoms with E-state index in [1.54, 1.807) is 48.7 Å². The first-order valence-electron chi connectivity index (χ1n) is 10.3. The van der Waals surface area contributed by atoms with Crippen LogP contribution in [0.5, 0.6) is 11.5 Å². The number of nitrogens with zero attached hydrogens (tertiary/aromatic N) is 2. The Balaban J connectivity index is 1.96. The number of carbonyl (C=O) groups excluding carboxylic acids is 1. The number of aromatic nitrogens is 1. The normalized spacial score (nSPS) is 10.6. The molecule has 4 rings (SSSR count). The van der Waals surface area contributed by atoms with Crippen LogP contribution in [0.3, 0.4) is 0 Å². The Morgan fingerprint density at radius 2 is 1.70 bits per heavy atom. The van der Waals surface area contributed by atoms with E-state index in [-0.39, 0.29) is 16.8 Å². The Morgan fingerprint density at radius 3 is 2.36 bits per heavy atom. The molecule has 164 valence electrons. The molecule has 0 aliphatic carbocycles. The van der Waals surface area contributed by atoms with E-state index in [4.69, 9.17) is 9.47 Å². The smallest absolute Gasteiger partial charge is 0.200 e. The Kier molecular flexibility index (Phi) is 5.97. The van der Waals surface area contributed by atoms with E-state index in [0.29, 0.717) is 40.1 Å². The summed E-state index contributed by atoms with van der Waals surface area (Å²) < 4.78 is 12.7. The molecule has 3 aromatic carbocycles. The highest BCUT2D eigenvalue weighted by molar-refractivity contribution is 6.10. The van der Waals surface area contributed by atoms with Crippen LogP contribution >= 0.6 is 0 Å². The van der Waals surface area contributed by atoms with Crippen molar-refractivity contribution in [2.45, 2.75) is 13.5 Å². The standard InChI is InChI=1S/C27H22N2O4/c1-17-7-9-20(10-8-17)26(30)22-16-29(15-19-6-4-5-18(11-19)14-28)23-13-25(33-3)24(32-2)12-21(23)27(22)31/h4-13,16H,15H2,1-3H3. The molecular formula is C27H22N2O4. The van der Waals surface area contributed by atoms with Crippen molar-refractivity contribution in [2.24, 2.45) is 0 Å². The van der Waals surface area contributed by atoms with E-state index in [9.17, 15) is 14.9 Å². The van der Waals surface area contributed by atoms with Crippen molar-refractivity contribution in [1.82, 2.24) is 4.57 Å². The van der Waals surface area contributed by atoms with Gasteiger partial charge in [0.15, 0.2) is 17.3 Å². The number of carbonyl (C=O) groups is 1. The first kappa shape index (κ1) is 21.8. The van der Waals surface area contributed by atoms with Gasteiger partial charge in [0.1, 0.15) is 0 Å². The average molecular weight is 438 g/mol. The summed E-state index contributed by atoms with van der Waals surface area (Å²) >= 11 is 0. The molecule has 0 bridgehead atoms. The Morgan fingerprint density at radius 1 is 1.00 bits per heavy atom. The van der Waals surface area contributed by atoms with Gasteiger partial charge < -0.3 is 14.0 Å². The van der Waals surface area contributed by atoms with Gasteiger partial charge in [-0.15, -0.1) is 0 Å². The minimum Gasteiger partial charge on any atom is -0.493 e. The molecule has 0 atom stereocenters. The van der Waals surface area contributed by atoms with E-state index < -0.39 is 0 Å². The van der Waals surface area contributed by atoms with Crippen LogP contribution in [-0.2, 0) is 6.54 Å². The summed E-state index contributed by atoms with van der Waals surface area (Å²) in [5.74, 6) is 0.526. The van der Waals surface area contributed by atoms with Gasteiger partial charge >= 0.3 is 0 Å². The van der Waals surface area contributed by atoms with Crippen LogP contribution in [0.15, 0.2) is 71.7 Å². The predicted molar refractivity (Wildman–Crippen MR) is 126 cm³/mol. The molecule has 0 fully saturated rings. The molecule has 0 aliphatic rings. The van der Waals surface area contributed by atoms with Gasteiger partial charge in [0.25, 0.3) is 0 Å². The minimum absolute atomic E-state index is 0.0648. The molecule has 0 saturated carbocycles. The fourth-order valence-electron chi connectivity index (χ4n) is 3.81. The van der Waals surface area contributed by atoms with Gasteiger partial charge in [0.2, 0.25) is 5.43 Å². The highest BCUT2D eigenvalue weighted by Gasteiger charge is 2.19. The zero-order chi connectivity index (χ0) is 23.5. The maximum atomic E-state index is 13.4. The number of hydrogen-bond donors (Lipinski definition) is 0. The Labute approximate surface area is 191 Å². The van der Waals surface area contributed by atoms with Crippen LogP contribution in [0, 0.1) is 18.3 Å². The van der Waals surface area contributed by atoms with Gasteiger partial charge in [0.05, 0.1) is 42.3 Å². The first-order valence-corrected chi connectivity index (χ1v) is 10.3. The SMILES string of the molecule is COc1cc2c(=O)c(C(=O)c3ccc(C)cc3)cn(Cc3cccc(C#N)c3)c2cc1OC. The van der Waals surface area contributed by atoms with Gasteiger partial charge in [0, 0.05) is 24.4 Å². The summed E-state index contributed by atoms with van der Waals surface area (Å²) in [6.45, 7) is 2.29. The van der Waals surface area contributed by atoms with Crippen LogP contribution in [-0.4, -0.2) is 24.6 Å². The number of fused-ring (bicyclic) bond motifs is 1. The number of rotatable bonds is 6. The number of methoxy groups -OCH3 is 2. The van der Waals surface area contributed by atoms with Gasteiger partial charge in [-0.3, -0.25) is 9.59 Å². The molecule has 0 radical (unpaired) electrons. The Bertz CT molecular complexity index is 1460. The predicted octanol–water partition coefficient (Wildman–Crippen LogP) is 4.48. The van der Waals surface area contributed by atoms with E-state index >= 15 is 0 Å². The summed E-state index contributed by atoms with van der Waals surface area (Å²) in [4.78, 5) is 26.7. The lowest BCUT2D eigenvalue weighted by molar-refractivity contribution is 0.103. The van der Waals surface area contributed by atoms with Gasteiger partial charge in [-0.2, -0.15) is 5.26 Å². The lowest BCUT2D eigenvalue weighted by atomic mass is 10.0. The fraction of sp³-hybridized carbons (Fsp3) is 0.148. The van der Waals surface area contributed by atoms with Crippen molar-refractivity contribution in [3.8, 4) is 17.6 Å². The van der Waals surface area contributed by atoms with Crippen molar-refractivity contribution in [1.29, 1.82) is 5.26 Å². The van der Waals surface area contributed by atoms with Crippen molar-refractivity contribution in [3.05, 3.63) is 105 Å². The van der Waals surface area contributed by atoms with Crippen LogP contribution in [0.4, 0.5) is 0 Å². The third-order valence-electron chi connectivity index (χ3n) is 5.55. The monoisotopic (exact) mass is 438 g/mol. The highest BCUT2D eigenvalue weighted by Crippen LogP contribution is 2.31. The maximum Gasteiger partial charge on any atom is 0.200 e. The third kappa shape index (κ3) is 4.21. The molecule has 0 unspecified atom stereocenters. The minimum atomic E-state index is -0.376. The maximum absolute atomic E-state index is 13.4. The molecule has 33 heavy (non-hydrogen) atoms. The molecule has 4 aromatic rings. The van der Waals surface area contributed by atoms with Gasteiger partial charge in [-0.05, 0) is 30.7 Å². The van der Waals surface area contributed by atoms with Crippen molar-refractivity contribution in [2.75, 3.05) is 14.2 Å². The van der Waals surface area contributed by atoms with Crippen molar-refractivity contribution >= 4 is 16.7 Å². The van der Waals surface area contributed by atoms with Crippen LogP contribution < -0.4 is 14.9 Å². The fourth-order valence-corrected chi connectivity index (χ4v) is 3.81. The van der Waals surface area contributed by atoms with Crippen LogP contribution in [0.25, 0.3) is 10.9 Å². The molecule has 1 heterocycles. The van der Waals surface area contributed by atoms with Crippen molar-refractivity contribution < 1.29 is 14.3 Å². The van der Waals surface area contributed by atoms with E-state index in [0.717, 1.165) is 11.1 Å². The van der Waals surface area contributed by atoms with Crippen LogP contribution in [0.1, 0.15) is 32.6 Å². The molecule has 0 amide bonds. The summed E-state index contributed by atoms with van der Waals surface area (Å²) in [6, 6.07) is 19.8. The first-order chi connectivity index (χ1) is 15.9. The zero-order valence-electron chi connectivity index (χ0n) is 18.6. The third-order valence-corrected chi connectivity index (χ3v) is 5.55.